The van der Waals surface area contributed by atoms with Crippen molar-refractivity contribution in [2.75, 3.05) is 6.61 Å². The lowest BCUT2D eigenvalue weighted by atomic mass is 9.98. The molecular weight excluding hydrogens is 520 g/mol. The fourth-order valence-electron chi connectivity index (χ4n) is 4.50. The molecule has 0 saturated carbocycles. The number of hydrogen-bond donors (Lipinski definition) is 4. The Hall–Kier alpha value is -4.41. The molecule has 2 aromatic carbocycles. The van der Waals surface area contributed by atoms with Gasteiger partial charge in [0.25, 0.3) is 0 Å². The molecule has 214 valence electrons. The van der Waals surface area contributed by atoms with Gasteiger partial charge in [-0.2, -0.15) is 0 Å². The molecule has 0 heterocycles. The number of aliphatic carboxylic acids is 2. The Morgan fingerprint density at radius 3 is 1.90 bits per heavy atom. The van der Waals surface area contributed by atoms with Crippen molar-refractivity contribution in [1.29, 1.82) is 0 Å². The molecule has 0 saturated heterocycles. The van der Waals surface area contributed by atoms with Gasteiger partial charge in [0.05, 0.1) is 0 Å². The number of hydrogen-bond acceptors (Lipinski definition) is 7. The van der Waals surface area contributed by atoms with Gasteiger partial charge in [0.2, 0.25) is 5.91 Å². The van der Waals surface area contributed by atoms with Crippen LogP contribution in [-0.2, 0) is 28.7 Å². The van der Waals surface area contributed by atoms with E-state index >= 15 is 0 Å². The Kier molecular flexibility index (Phi) is 9.87. The summed E-state index contributed by atoms with van der Waals surface area (Å²) in [5, 5.41) is 23.0. The van der Waals surface area contributed by atoms with Gasteiger partial charge in [-0.15, -0.1) is 0 Å². The largest absolute Gasteiger partial charge is 0.481 e. The topological polar surface area (TPSA) is 168 Å². The zero-order valence-corrected chi connectivity index (χ0v) is 22.6. The summed E-state index contributed by atoms with van der Waals surface area (Å²) in [5.74, 6) is -4.38. The van der Waals surface area contributed by atoms with Crippen LogP contribution in [0.1, 0.15) is 63.5 Å². The van der Waals surface area contributed by atoms with E-state index in [-0.39, 0.29) is 31.8 Å². The summed E-state index contributed by atoms with van der Waals surface area (Å²) >= 11 is 0. The van der Waals surface area contributed by atoms with Crippen LogP contribution in [0.15, 0.2) is 48.5 Å². The fourth-order valence-corrected chi connectivity index (χ4v) is 4.50. The first-order valence-corrected chi connectivity index (χ1v) is 12.9. The lowest BCUT2D eigenvalue weighted by Gasteiger charge is -2.23. The first kappa shape index (κ1) is 30.1. The van der Waals surface area contributed by atoms with Gasteiger partial charge in [0, 0.05) is 18.8 Å². The van der Waals surface area contributed by atoms with Gasteiger partial charge in [-0.3, -0.25) is 14.4 Å². The molecule has 4 N–H and O–H groups in total. The monoisotopic (exact) mass is 554 g/mol. The third-order valence-corrected chi connectivity index (χ3v) is 6.27. The molecule has 0 aliphatic heterocycles. The predicted molar refractivity (Wildman–Crippen MR) is 144 cm³/mol. The molecule has 2 atom stereocenters. The predicted octanol–water partition coefficient (Wildman–Crippen LogP) is 3.45. The molecule has 11 nitrogen and oxygen atoms in total. The molecule has 0 radical (unpaired) electrons. The summed E-state index contributed by atoms with van der Waals surface area (Å²) in [6.45, 7) is 5.04. The van der Waals surface area contributed by atoms with Gasteiger partial charge in [-0.05, 0) is 55.9 Å². The third kappa shape index (κ3) is 8.29. The number of carbonyl (C=O) groups excluding carboxylic acids is 3. The molecule has 11 heteroatoms. The van der Waals surface area contributed by atoms with E-state index in [0.717, 1.165) is 22.3 Å². The standard InChI is InChI=1S/C29H34N2O9/c1-29(2,3)40-25(34)15-13-22(26(35)30-23(27(36)37)12-14-24(32)33)31-28(38)39-16-21-19-10-6-4-8-17(19)18-9-5-7-11-20(18)21/h4-11,21-23H,12-16H2,1-3H3,(H,30,35)(H,31,38)(H,32,33)(H,36,37). The average molecular weight is 555 g/mol. The number of amides is 2. The van der Waals surface area contributed by atoms with Gasteiger partial charge in [-0.1, -0.05) is 48.5 Å². The van der Waals surface area contributed by atoms with Crippen LogP contribution in [0.2, 0.25) is 0 Å². The highest BCUT2D eigenvalue weighted by Gasteiger charge is 2.31. The normalized spacial score (nSPS) is 13.8. The van der Waals surface area contributed by atoms with Crippen LogP contribution < -0.4 is 10.6 Å². The molecule has 1 aliphatic rings. The van der Waals surface area contributed by atoms with E-state index in [4.69, 9.17) is 14.6 Å². The number of benzene rings is 2. The number of nitrogens with one attached hydrogen (secondary N) is 2. The third-order valence-electron chi connectivity index (χ3n) is 6.27. The van der Waals surface area contributed by atoms with E-state index in [1.54, 1.807) is 20.8 Å². The number of carboxylic acids is 2. The number of alkyl carbamates (subject to hydrolysis) is 1. The van der Waals surface area contributed by atoms with Gasteiger partial charge in [0.15, 0.2) is 0 Å². The quantitative estimate of drug-likeness (QED) is 0.287. The fraction of sp³-hybridized carbons (Fsp3) is 0.414. The van der Waals surface area contributed by atoms with Crippen LogP contribution in [-0.4, -0.2) is 64.4 Å². The molecule has 0 spiro atoms. The maximum Gasteiger partial charge on any atom is 0.407 e. The first-order valence-electron chi connectivity index (χ1n) is 12.9. The van der Waals surface area contributed by atoms with Crippen molar-refractivity contribution in [3.05, 3.63) is 59.7 Å². The number of ether oxygens (including phenoxy) is 2. The maximum absolute atomic E-state index is 13.0. The zero-order chi connectivity index (χ0) is 29.4. The first-order chi connectivity index (χ1) is 18.9. The maximum atomic E-state index is 13.0. The molecule has 1 aliphatic carbocycles. The van der Waals surface area contributed by atoms with Crippen LogP contribution in [0.3, 0.4) is 0 Å². The second kappa shape index (κ2) is 13.1. The van der Waals surface area contributed by atoms with Crippen molar-refractivity contribution >= 4 is 29.9 Å². The minimum absolute atomic E-state index is 0.0172. The molecule has 0 bridgehead atoms. The summed E-state index contributed by atoms with van der Waals surface area (Å²) in [4.78, 5) is 60.5. The smallest absolute Gasteiger partial charge is 0.407 e. The number of fused-ring (bicyclic) bond motifs is 3. The Bertz CT molecular complexity index is 1220. The van der Waals surface area contributed by atoms with E-state index in [1.165, 1.54) is 0 Å². The number of rotatable bonds is 12. The van der Waals surface area contributed by atoms with Crippen molar-refractivity contribution in [3.8, 4) is 11.1 Å². The SMILES string of the molecule is CC(C)(C)OC(=O)CCC(NC(=O)OCC1c2ccccc2-c2ccccc21)C(=O)NC(CCC(=O)O)C(=O)O. The van der Waals surface area contributed by atoms with Gasteiger partial charge < -0.3 is 30.3 Å². The van der Waals surface area contributed by atoms with Crippen LogP contribution >= 0.6 is 0 Å². The highest BCUT2D eigenvalue weighted by Crippen LogP contribution is 2.44. The molecule has 2 amide bonds. The van der Waals surface area contributed by atoms with E-state index < -0.39 is 54.0 Å². The minimum atomic E-state index is -1.50. The second-order valence-corrected chi connectivity index (χ2v) is 10.5. The molecular formula is C29H34N2O9. The van der Waals surface area contributed by atoms with E-state index in [2.05, 4.69) is 10.6 Å². The second-order valence-electron chi connectivity index (χ2n) is 10.5. The minimum Gasteiger partial charge on any atom is -0.481 e. The highest BCUT2D eigenvalue weighted by molar-refractivity contribution is 5.90. The van der Waals surface area contributed by atoms with Crippen LogP contribution in [0, 0.1) is 0 Å². The van der Waals surface area contributed by atoms with Crippen molar-refractivity contribution < 1.29 is 43.7 Å². The molecule has 2 unspecified atom stereocenters. The van der Waals surface area contributed by atoms with Crippen molar-refractivity contribution in [3.63, 3.8) is 0 Å². The zero-order valence-electron chi connectivity index (χ0n) is 22.6. The Labute approximate surface area is 231 Å². The van der Waals surface area contributed by atoms with Crippen molar-refractivity contribution in [2.45, 2.75) is 70.1 Å². The Balaban J connectivity index is 1.69. The average Bonchev–Trinajstić information content (AvgIpc) is 3.20. The molecule has 2 aromatic rings. The van der Waals surface area contributed by atoms with E-state index in [0.29, 0.717) is 0 Å². The van der Waals surface area contributed by atoms with E-state index in [9.17, 15) is 29.1 Å². The van der Waals surface area contributed by atoms with Crippen LogP contribution in [0.4, 0.5) is 4.79 Å². The summed E-state index contributed by atoms with van der Waals surface area (Å²) < 4.78 is 10.8. The highest BCUT2D eigenvalue weighted by atomic mass is 16.6. The van der Waals surface area contributed by atoms with Crippen LogP contribution in [0.25, 0.3) is 11.1 Å². The van der Waals surface area contributed by atoms with Gasteiger partial charge in [0.1, 0.15) is 24.3 Å². The molecule has 0 aromatic heterocycles. The van der Waals surface area contributed by atoms with Gasteiger partial charge in [-0.25, -0.2) is 9.59 Å². The number of carbonyl (C=O) groups is 5. The molecule has 3 rings (SSSR count). The lowest BCUT2D eigenvalue weighted by Crippen LogP contribution is -2.52. The van der Waals surface area contributed by atoms with Crippen LogP contribution in [0.5, 0.6) is 0 Å². The summed E-state index contributed by atoms with van der Waals surface area (Å²) in [7, 11) is 0. The number of esters is 1. The number of carboxylic acid groups (broad SMARTS) is 2. The molecule has 0 fully saturated rings. The van der Waals surface area contributed by atoms with Crippen molar-refractivity contribution in [1.82, 2.24) is 10.6 Å². The van der Waals surface area contributed by atoms with Gasteiger partial charge >= 0.3 is 24.0 Å². The van der Waals surface area contributed by atoms with E-state index in [1.807, 2.05) is 48.5 Å². The Morgan fingerprint density at radius 1 is 0.825 bits per heavy atom. The summed E-state index contributed by atoms with van der Waals surface area (Å²) in [6.07, 6.45) is -2.22. The van der Waals surface area contributed by atoms with Crippen molar-refractivity contribution in [2.24, 2.45) is 0 Å². The lowest BCUT2D eigenvalue weighted by molar-refractivity contribution is -0.155. The Morgan fingerprint density at radius 2 is 1.38 bits per heavy atom. The molecule has 40 heavy (non-hydrogen) atoms. The summed E-state index contributed by atoms with van der Waals surface area (Å²) in [5.41, 5.74) is 3.32. The summed E-state index contributed by atoms with van der Waals surface area (Å²) in [6, 6.07) is 12.7.